The minimum absolute atomic E-state index is 0.123. The molecule has 11 nitrogen and oxygen atoms in total. The van der Waals surface area contributed by atoms with Crippen molar-refractivity contribution in [3.8, 4) is 0 Å². The number of amides is 4. The molecule has 0 aromatic rings. The minimum atomic E-state index is -1.51. The fourth-order valence-corrected chi connectivity index (χ4v) is 2.15. The number of carboxylic acid groups (broad SMARTS) is 1. The molecule has 0 radical (unpaired) electrons. The first kappa shape index (κ1) is 25.3. The second-order valence-electron chi connectivity index (χ2n) is 7.30. The number of hydrogen-bond donors (Lipinski definition) is 6. The molecule has 0 saturated carbocycles. The third-order valence-electron chi connectivity index (χ3n) is 4.04. The largest absolute Gasteiger partial charge is 0.480 e. The van der Waals surface area contributed by atoms with Crippen LogP contribution < -0.4 is 27.4 Å². The molecule has 0 aromatic heterocycles. The highest BCUT2D eigenvalue weighted by Crippen LogP contribution is 2.05. The zero-order valence-electron chi connectivity index (χ0n) is 16.8. The van der Waals surface area contributed by atoms with Crippen molar-refractivity contribution in [2.24, 2.45) is 23.3 Å². The number of rotatable bonds is 11. The molecule has 0 aliphatic carbocycles. The van der Waals surface area contributed by atoms with Gasteiger partial charge in [-0.3, -0.25) is 19.2 Å². The van der Waals surface area contributed by atoms with Gasteiger partial charge < -0.3 is 32.5 Å². The summed E-state index contributed by atoms with van der Waals surface area (Å²) in [6, 6.07) is -4.35. The predicted octanol–water partition coefficient (Wildman–Crippen LogP) is -1.94. The fourth-order valence-electron chi connectivity index (χ4n) is 2.15. The van der Waals surface area contributed by atoms with Gasteiger partial charge in [-0.2, -0.15) is 0 Å². The van der Waals surface area contributed by atoms with Crippen molar-refractivity contribution in [2.45, 2.75) is 65.2 Å². The van der Waals surface area contributed by atoms with Crippen LogP contribution in [0.25, 0.3) is 0 Å². The van der Waals surface area contributed by atoms with Crippen LogP contribution in [0.2, 0.25) is 0 Å². The van der Waals surface area contributed by atoms with E-state index < -0.39 is 66.1 Å². The molecule has 4 unspecified atom stereocenters. The van der Waals surface area contributed by atoms with Crippen molar-refractivity contribution in [1.29, 1.82) is 0 Å². The van der Waals surface area contributed by atoms with Gasteiger partial charge in [-0.15, -0.1) is 0 Å². The Morgan fingerprint density at radius 1 is 0.821 bits per heavy atom. The lowest BCUT2D eigenvalue weighted by Gasteiger charge is -2.26. The van der Waals surface area contributed by atoms with Gasteiger partial charge in [0, 0.05) is 0 Å². The van der Waals surface area contributed by atoms with Crippen molar-refractivity contribution in [3.05, 3.63) is 0 Å². The van der Waals surface area contributed by atoms with Crippen molar-refractivity contribution in [3.63, 3.8) is 0 Å². The molecule has 0 fully saturated rings. The molecule has 0 rings (SSSR count). The van der Waals surface area contributed by atoms with Crippen molar-refractivity contribution in [2.75, 3.05) is 0 Å². The Balaban J connectivity index is 5.06. The van der Waals surface area contributed by atoms with Gasteiger partial charge in [0.1, 0.15) is 18.1 Å². The van der Waals surface area contributed by atoms with Gasteiger partial charge in [-0.1, -0.05) is 27.7 Å². The van der Waals surface area contributed by atoms with Gasteiger partial charge in [0.05, 0.1) is 12.5 Å². The van der Waals surface area contributed by atoms with Crippen LogP contribution in [-0.2, 0) is 24.0 Å². The third kappa shape index (κ3) is 8.33. The van der Waals surface area contributed by atoms with Crippen LogP contribution in [0.5, 0.6) is 0 Å². The summed E-state index contributed by atoms with van der Waals surface area (Å²) < 4.78 is 0. The van der Waals surface area contributed by atoms with Gasteiger partial charge in [-0.25, -0.2) is 4.79 Å². The van der Waals surface area contributed by atoms with Gasteiger partial charge in [0.25, 0.3) is 0 Å². The molecule has 4 atom stereocenters. The van der Waals surface area contributed by atoms with Gasteiger partial charge >= 0.3 is 5.97 Å². The van der Waals surface area contributed by atoms with E-state index in [9.17, 15) is 24.0 Å². The van der Waals surface area contributed by atoms with Crippen molar-refractivity contribution >= 4 is 29.6 Å². The Labute approximate surface area is 164 Å². The number of nitrogens with two attached hydrogens (primary N) is 2. The Hall–Kier alpha value is -2.69. The number of carbonyl (C=O) groups excluding carboxylic acids is 4. The van der Waals surface area contributed by atoms with Gasteiger partial charge in [0.2, 0.25) is 23.6 Å². The van der Waals surface area contributed by atoms with Gasteiger partial charge in [-0.05, 0) is 18.8 Å². The first-order valence-corrected chi connectivity index (χ1v) is 8.95. The lowest BCUT2D eigenvalue weighted by molar-refractivity contribution is -0.144. The molecule has 0 heterocycles. The average molecular weight is 401 g/mol. The van der Waals surface area contributed by atoms with Crippen LogP contribution in [-0.4, -0.2) is 58.9 Å². The van der Waals surface area contributed by atoms with E-state index in [0.29, 0.717) is 0 Å². The second kappa shape index (κ2) is 11.2. The normalized spacial score (nSPS) is 15.3. The van der Waals surface area contributed by atoms with E-state index >= 15 is 0 Å². The molecular formula is C17H31N5O6. The third-order valence-corrected chi connectivity index (χ3v) is 4.04. The lowest BCUT2D eigenvalue weighted by atomic mass is 10.0. The number of carboxylic acids is 1. The number of aliphatic carboxylic acids is 1. The maximum Gasteiger partial charge on any atom is 0.326 e. The van der Waals surface area contributed by atoms with Crippen LogP contribution >= 0.6 is 0 Å². The zero-order chi connectivity index (χ0) is 22.2. The standard InChI is InChI=1S/C17H31N5O6/c1-7(2)12(19)15(25)20-9(5)14(24)22-13(8(3)4)16(26)21-10(17(27)28)6-11(18)23/h7-10,12-13H,6,19H2,1-5H3,(H2,18,23)(H,20,25)(H,21,26)(H,22,24)(H,27,28). The summed E-state index contributed by atoms with van der Waals surface area (Å²) >= 11 is 0. The van der Waals surface area contributed by atoms with Crippen LogP contribution in [0.15, 0.2) is 0 Å². The Bertz CT molecular complexity index is 607. The molecule has 11 heteroatoms. The van der Waals surface area contributed by atoms with Crippen molar-refractivity contribution in [1.82, 2.24) is 16.0 Å². The summed E-state index contributed by atoms with van der Waals surface area (Å²) in [5, 5.41) is 16.2. The molecule has 4 amide bonds. The van der Waals surface area contributed by atoms with E-state index in [2.05, 4.69) is 16.0 Å². The van der Waals surface area contributed by atoms with Gasteiger partial charge in [0.15, 0.2) is 0 Å². The first-order valence-electron chi connectivity index (χ1n) is 8.95. The monoisotopic (exact) mass is 401 g/mol. The quantitative estimate of drug-likeness (QED) is 0.232. The van der Waals surface area contributed by atoms with E-state index in [4.69, 9.17) is 16.6 Å². The average Bonchev–Trinajstić information content (AvgIpc) is 2.56. The summed E-state index contributed by atoms with van der Waals surface area (Å²) in [5.41, 5.74) is 10.7. The molecule has 0 spiro atoms. The Morgan fingerprint density at radius 2 is 1.36 bits per heavy atom. The van der Waals surface area contributed by atoms with E-state index in [1.54, 1.807) is 27.7 Å². The van der Waals surface area contributed by atoms with E-state index in [0.717, 1.165) is 0 Å². The maximum atomic E-state index is 12.4. The maximum absolute atomic E-state index is 12.4. The lowest BCUT2D eigenvalue weighted by Crippen LogP contribution is -2.58. The van der Waals surface area contributed by atoms with E-state index in [1.807, 2.05) is 0 Å². The zero-order valence-corrected chi connectivity index (χ0v) is 16.8. The number of carbonyl (C=O) groups is 5. The summed E-state index contributed by atoms with van der Waals surface area (Å²) in [6.07, 6.45) is -0.584. The molecule has 0 bridgehead atoms. The molecule has 160 valence electrons. The van der Waals surface area contributed by atoms with Crippen LogP contribution in [0, 0.1) is 11.8 Å². The number of nitrogens with one attached hydrogen (secondary N) is 3. The number of hydrogen-bond acceptors (Lipinski definition) is 6. The highest BCUT2D eigenvalue weighted by atomic mass is 16.4. The molecular weight excluding hydrogens is 370 g/mol. The summed E-state index contributed by atoms with van der Waals surface area (Å²) in [7, 11) is 0. The van der Waals surface area contributed by atoms with Crippen LogP contribution in [0.4, 0.5) is 0 Å². The smallest absolute Gasteiger partial charge is 0.326 e. The summed E-state index contributed by atoms with van der Waals surface area (Å²) in [6.45, 7) is 8.25. The van der Waals surface area contributed by atoms with E-state index in [1.165, 1.54) is 6.92 Å². The second-order valence-corrected chi connectivity index (χ2v) is 7.30. The molecule has 0 aliphatic rings. The highest BCUT2D eigenvalue weighted by molar-refractivity contribution is 5.94. The van der Waals surface area contributed by atoms with Crippen LogP contribution in [0.1, 0.15) is 41.0 Å². The molecule has 8 N–H and O–H groups in total. The fraction of sp³-hybridized carbons (Fsp3) is 0.706. The number of primary amides is 1. The van der Waals surface area contributed by atoms with Crippen LogP contribution in [0.3, 0.4) is 0 Å². The minimum Gasteiger partial charge on any atom is -0.480 e. The molecule has 28 heavy (non-hydrogen) atoms. The first-order chi connectivity index (χ1) is 12.8. The molecule has 0 aromatic carbocycles. The molecule has 0 aliphatic heterocycles. The summed E-state index contributed by atoms with van der Waals surface area (Å²) in [4.78, 5) is 58.9. The predicted molar refractivity (Wildman–Crippen MR) is 101 cm³/mol. The SMILES string of the molecule is CC(NC(=O)C(N)C(C)C)C(=O)NC(C(=O)NC(CC(N)=O)C(=O)O)C(C)C. The summed E-state index contributed by atoms with van der Waals surface area (Å²) in [5.74, 6) is -4.76. The Kier molecular flexibility index (Phi) is 10.1. The van der Waals surface area contributed by atoms with Crippen molar-refractivity contribution < 1.29 is 29.1 Å². The molecule has 0 saturated heterocycles. The topological polar surface area (TPSA) is 194 Å². The highest BCUT2D eigenvalue weighted by Gasteiger charge is 2.31. The van der Waals surface area contributed by atoms with E-state index in [-0.39, 0.29) is 5.92 Å². The Morgan fingerprint density at radius 3 is 1.75 bits per heavy atom.